The number of aromatic amines is 1. The highest BCUT2D eigenvalue weighted by molar-refractivity contribution is 5.94. The monoisotopic (exact) mass is 376 g/mol. The van der Waals surface area contributed by atoms with Gasteiger partial charge in [0.05, 0.1) is 6.61 Å². The van der Waals surface area contributed by atoms with Crippen molar-refractivity contribution < 1.29 is 9.53 Å². The van der Waals surface area contributed by atoms with Crippen LogP contribution in [0.2, 0.25) is 0 Å². The lowest BCUT2D eigenvalue weighted by atomic mass is 10.1. The molecule has 5 nitrogen and oxygen atoms in total. The zero-order chi connectivity index (χ0) is 19.9. The van der Waals surface area contributed by atoms with Gasteiger partial charge < -0.3 is 15.0 Å². The third kappa shape index (κ3) is 5.10. The predicted molar refractivity (Wildman–Crippen MR) is 110 cm³/mol. The fourth-order valence-electron chi connectivity index (χ4n) is 3.00. The first-order valence-corrected chi connectivity index (χ1v) is 9.27. The fourth-order valence-corrected chi connectivity index (χ4v) is 3.00. The van der Waals surface area contributed by atoms with Gasteiger partial charge in [-0.25, -0.2) is 0 Å². The highest BCUT2D eigenvalue weighted by atomic mass is 16.5. The van der Waals surface area contributed by atoms with Crippen molar-refractivity contribution >= 4 is 5.91 Å². The maximum atomic E-state index is 12.4. The number of amides is 1. The normalized spacial score (nSPS) is 10.5. The van der Waals surface area contributed by atoms with Gasteiger partial charge in [-0.15, -0.1) is 0 Å². The average molecular weight is 376 g/mol. The van der Waals surface area contributed by atoms with Gasteiger partial charge in [-0.05, 0) is 55.3 Å². The molecule has 1 heterocycles. The molecule has 144 valence electrons. The molecule has 5 heteroatoms. The predicted octanol–water partition coefficient (Wildman–Crippen LogP) is 3.54. The number of rotatable bonds is 7. The van der Waals surface area contributed by atoms with Crippen LogP contribution in [-0.4, -0.2) is 17.5 Å². The summed E-state index contributed by atoms with van der Waals surface area (Å²) in [6.45, 7) is 4.48. The molecule has 0 aliphatic heterocycles. The topological polar surface area (TPSA) is 71.2 Å². The number of hydrogen-bond donors (Lipinski definition) is 2. The largest absolute Gasteiger partial charge is 0.493 e. The Balaban J connectivity index is 1.53. The minimum Gasteiger partial charge on any atom is -0.493 e. The molecular formula is C23H24N2O3. The van der Waals surface area contributed by atoms with Gasteiger partial charge in [-0.1, -0.05) is 30.3 Å². The molecule has 0 aliphatic rings. The number of pyridine rings is 1. The summed E-state index contributed by atoms with van der Waals surface area (Å²) >= 11 is 0. The van der Waals surface area contributed by atoms with E-state index in [1.165, 1.54) is 0 Å². The molecule has 0 bridgehead atoms. The molecule has 0 spiro atoms. The van der Waals surface area contributed by atoms with Crippen LogP contribution in [0.4, 0.5) is 0 Å². The van der Waals surface area contributed by atoms with E-state index in [0.717, 1.165) is 29.0 Å². The van der Waals surface area contributed by atoms with Crippen molar-refractivity contribution in [1.29, 1.82) is 0 Å². The van der Waals surface area contributed by atoms with Gasteiger partial charge in [0.15, 0.2) is 0 Å². The molecule has 0 fully saturated rings. The van der Waals surface area contributed by atoms with E-state index in [0.29, 0.717) is 17.7 Å². The van der Waals surface area contributed by atoms with E-state index >= 15 is 0 Å². The summed E-state index contributed by atoms with van der Waals surface area (Å²) in [7, 11) is 0. The number of aryl methyl sites for hydroxylation is 2. The molecule has 0 saturated heterocycles. The van der Waals surface area contributed by atoms with E-state index in [4.69, 9.17) is 4.74 Å². The van der Waals surface area contributed by atoms with Crippen LogP contribution < -0.4 is 15.6 Å². The van der Waals surface area contributed by atoms with Gasteiger partial charge in [-0.3, -0.25) is 9.59 Å². The third-order valence-corrected chi connectivity index (χ3v) is 4.54. The number of nitrogens with one attached hydrogen (secondary N) is 2. The van der Waals surface area contributed by atoms with Crippen molar-refractivity contribution in [1.82, 2.24) is 10.3 Å². The van der Waals surface area contributed by atoms with Crippen molar-refractivity contribution in [3.63, 3.8) is 0 Å². The summed E-state index contributed by atoms with van der Waals surface area (Å²) in [5.41, 5.74) is 3.76. The second-order valence-corrected chi connectivity index (χ2v) is 6.73. The Morgan fingerprint density at radius 3 is 2.43 bits per heavy atom. The van der Waals surface area contributed by atoms with Crippen LogP contribution in [0.25, 0.3) is 0 Å². The number of hydrogen-bond acceptors (Lipinski definition) is 3. The van der Waals surface area contributed by atoms with Crippen molar-refractivity contribution in [3.8, 4) is 5.75 Å². The second kappa shape index (κ2) is 9.04. The highest BCUT2D eigenvalue weighted by Crippen LogP contribution is 2.11. The highest BCUT2D eigenvalue weighted by Gasteiger charge is 2.09. The molecule has 2 aromatic carbocycles. The molecule has 0 aliphatic carbocycles. The van der Waals surface area contributed by atoms with Crippen LogP contribution in [0, 0.1) is 13.8 Å². The maximum absolute atomic E-state index is 12.4. The summed E-state index contributed by atoms with van der Waals surface area (Å²) in [5.74, 6) is 0.645. The molecule has 3 rings (SSSR count). The van der Waals surface area contributed by atoms with Gasteiger partial charge in [0, 0.05) is 29.8 Å². The van der Waals surface area contributed by atoms with E-state index in [2.05, 4.69) is 10.3 Å². The molecule has 3 aromatic rings. The lowest BCUT2D eigenvalue weighted by Gasteiger charge is -2.09. The fraction of sp³-hybridized carbons (Fsp3) is 0.217. The Morgan fingerprint density at radius 1 is 1.04 bits per heavy atom. The van der Waals surface area contributed by atoms with Crippen LogP contribution in [0.3, 0.4) is 0 Å². The number of H-pyrrole nitrogens is 1. The number of aromatic nitrogens is 1. The molecule has 0 unspecified atom stereocenters. The lowest BCUT2D eigenvalue weighted by Crippen LogP contribution is -2.27. The molecular weight excluding hydrogens is 352 g/mol. The van der Waals surface area contributed by atoms with Gasteiger partial charge in [0.25, 0.3) is 11.5 Å². The zero-order valence-corrected chi connectivity index (χ0v) is 16.1. The van der Waals surface area contributed by atoms with E-state index < -0.39 is 0 Å². The van der Waals surface area contributed by atoms with Crippen LogP contribution >= 0.6 is 0 Å². The second-order valence-electron chi connectivity index (χ2n) is 6.73. The third-order valence-electron chi connectivity index (χ3n) is 4.54. The molecule has 1 amide bonds. The lowest BCUT2D eigenvalue weighted by molar-refractivity contribution is 0.0950. The first kappa shape index (κ1) is 19.4. The summed E-state index contributed by atoms with van der Waals surface area (Å²) in [5, 5.41) is 2.82. The maximum Gasteiger partial charge on any atom is 0.253 e. The Bertz CT molecular complexity index is 993. The summed E-state index contributed by atoms with van der Waals surface area (Å²) in [6.07, 6.45) is 0.759. The standard InChI is InChI=1S/C23H24N2O3/c1-16-14-17(2)25-23(27)21(16)15-24-22(26)19-10-8-18(9-11-19)12-13-28-20-6-4-3-5-7-20/h3-11,14H,12-13,15H2,1-2H3,(H,24,26)(H,25,27). The van der Waals surface area contributed by atoms with Crippen molar-refractivity contribution in [2.75, 3.05) is 6.61 Å². The Morgan fingerprint density at radius 2 is 1.75 bits per heavy atom. The Kier molecular flexibility index (Phi) is 6.27. The van der Waals surface area contributed by atoms with Crippen LogP contribution in [-0.2, 0) is 13.0 Å². The summed E-state index contributed by atoms with van der Waals surface area (Å²) < 4.78 is 5.69. The quantitative estimate of drug-likeness (QED) is 0.662. The van der Waals surface area contributed by atoms with Crippen LogP contribution in [0.5, 0.6) is 5.75 Å². The summed E-state index contributed by atoms with van der Waals surface area (Å²) in [4.78, 5) is 27.2. The zero-order valence-electron chi connectivity index (χ0n) is 16.1. The molecule has 2 N–H and O–H groups in total. The average Bonchev–Trinajstić information content (AvgIpc) is 2.68. The van der Waals surface area contributed by atoms with E-state index in [9.17, 15) is 9.59 Å². The van der Waals surface area contributed by atoms with Crippen molar-refractivity contribution in [2.45, 2.75) is 26.8 Å². The smallest absolute Gasteiger partial charge is 0.253 e. The number of carbonyl (C=O) groups is 1. The first-order chi connectivity index (χ1) is 13.5. The molecule has 0 atom stereocenters. The summed E-state index contributed by atoms with van der Waals surface area (Å²) in [6, 6.07) is 19.0. The van der Waals surface area contributed by atoms with E-state index in [1.807, 2.05) is 62.4 Å². The number of para-hydroxylation sites is 1. The minimum absolute atomic E-state index is 0.161. The van der Waals surface area contributed by atoms with Gasteiger partial charge in [0.2, 0.25) is 0 Å². The number of benzene rings is 2. The Hall–Kier alpha value is -3.34. The first-order valence-electron chi connectivity index (χ1n) is 9.27. The number of carbonyl (C=O) groups excluding carboxylic acids is 1. The minimum atomic E-state index is -0.202. The Labute approximate surface area is 164 Å². The van der Waals surface area contributed by atoms with E-state index in [1.54, 1.807) is 12.1 Å². The van der Waals surface area contributed by atoms with E-state index in [-0.39, 0.29) is 18.0 Å². The number of ether oxygens (including phenoxy) is 1. The van der Waals surface area contributed by atoms with Crippen molar-refractivity contribution in [3.05, 3.63) is 99.0 Å². The molecule has 0 radical (unpaired) electrons. The van der Waals surface area contributed by atoms with Crippen molar-refractivity contribution in [2.24, 2.45) is 0 Å². The van der Waals surface area contributed by atoms with Gasteiger partial charge >= 0.3 is 0 Å². The van der Waals surface area contributed by atoms with Gasteiger partial charge in [-0.2, -0.15) is 0 Å². The molecule has 1 aromatic heterocycles. The SMILES string of the molecule is Cc1cc(C)c(CNC(=O)c2ccc(CCOc3ccccc3)cc2)c(=O)[nH]1. The van der Waals surface area contributed by atoms with Crippen LogP contribution in [0.15, 0.2) is 65.5 Å². The van der Waals surface area contributed by atoms with Crippen LogP contribution in [0.1, 0.15) is 32.7 Å². The molecule has 0 saturated carbocycles. The molecule has 28 heavy (non-hydrogen) atoms. The van der Waals surface area contributed by atoms with Gasteiger partial charge in [0.1, 0.15) is 5.75 Å².